The molecule has 4 aromatic rings. The van der Waals surface area contributed by atoms with Crippen LogP contribution in [0.15, 0.2) is 77.7 Å². The molecule has 0 aliphatic rings. The summed E-state index contributed by atoms with van der Waals surface area (Å²) in [5, 5.41) is 0.913. The lowest BCUT2D eigenvalue weighted by Crippen LogP contribution is -2.00. The van der Waals surface area contributed by atoms with Gasteiger partial charge in [-0.2, -0.15) is 0 Å². The second-order valence-electron chi connectivity index (χ2n) is 6.96. The van der Waals surface area contributed by atoms with Crippen molar-refractivity contribution in [3.05, 3.63) is 89.5 Å². The van der Waals surface area contributed by atoms with Crippen molar-refractivity contribution in [2.24, 2.45) is 0 Å². The number of rotatable bonds is 4. The fourth-order valence-corrected chi connectivity index (χ4v) is 4.20. The van der Waals surface area contributed by atoms with Gasteiger partial charge in [0.25, 0.3) is 0 Å². The van der Waals surface area contributed by atoms with Gasteiger partial charge in [-0.15, -0.1) is 0 Å². The number of nitrogens with zero attached hydrogens (tertiary/aromatic N) is 1. The molecular weight excluding hydrogens is 378 g/mol. The predicted molar refractivity (Wildman–Crippen MR) is 120 cm³/mol. The summed E-state index contributed by atoms with van der Waals surface area (Å²) in [6.45, 7) is 4.08. The number of fused-ring (bicyclic) bond motifs is 1. The smallest absolute Gasteiger partial charge is 0.224 e. The van der Waals surface area contributed by atoms with E-state index in [1.165, 1.54) is 11.8 Å². The molecule has 1 heterocycles. The first kappa shape index (κ1) is 19.2. The molecular formula is C25H21NO2S. The Morgan fingerprint density at radius 3 is 2.34 bits per heavy atom. The third kappa shape index (κ3) is 4.03. The lowest BCUT2D eigenvalue weighted by atomic mass is 10.0. The van der Waals surface area contributed by atoms with E-state index in [0.717, 1.165) is 43.9 Å². The van der Waals surface area contributed by atoms with Crippen molar-refractivity contribution in [3.8, 4) is 17.0 Å². The van der Waals surface area contributed by atoms with E-state index in [9.17, 15) is 4.79 Å². The topological polar surface area (TPSA) is 39.2 Å². The van der Waals surface area contributed by atoms with E-state index >= 15 is 0 Å². The summed E-state index contributed by atoms with van der Waals surface area (Å²) in [6, 6.07) is 23.5. The minimum absolute atomic E-state index is 0.0170. The lowest BCUT2D eigenvalue weighted by molar-refractivity contribution is 0.109. The van der Waals surface area contributed by atoms with Gasteiger partial charge in [0.1, 0.15) is 5.75 Å². The van der Waals surface area contributed by atoms with Gasteiger partial charge in [-0.25, -0.2) is 4.98 Å². The Labute approximate surface area is 174 Å². The van der Waals surface area contributed by atoms with Crippen LogP contribution in [0.25, 0.3) is 22.2 Å². The fraction of sp³-hybridized carbons (Fsp3) is 0.120. The van der Waals surface area contributed by atoms with Crippen LogP contribution in [-0.4, -0.2) is 17.2 Å². The molecule has 0 saturated carbocycles. The highest BCUT2D eigenvalue weighted by Crippen LogP contribution is 2.32. The minimum atomic E-state index is 0.0170. The zero-order chi connectivity index (χ0) is 20.4. The van der Waals surface area contributed by atoms with Crippen molar-refractivity contribution in [1.82, 2.24) is 4.98 Å². The van der Waals surface area contributed by atoms with Crippen LogP contribution >= 0.6 is 11.8 Å². The number of ether oxygens (including phenoxy) is 1. The first-order valence-corrected chi connectivity index (χ1v) is 10.2. The Morgan fingerprint density at radius 1 is 0.931 bits per heavy atom. The highest BCUT2D eigenvalue weighted by molar-refractivity contribution is 8.14. The Kier molecular flexibility index (Phi) is 5.36. The predicted octanol–water partition coefficient (Wildman–Crippen LogP) is 6.46. The van der Waals surface area contributed by atoms with Crippen molar-refractivity contribution < 1.29 is 9.53 Å². The van der Waals surface area contributed by atoms with Crippen molar-refractivity contribution in [1.29, 1.82) is 0 Å². The molecule has 4 rings (SSSR count). The van der Waals surface area contributed by atoms with E-state index in [0.29, 0.717) is 5.56 Å². The fourth-order valence-electron chi connectivity index (χ4n) is 3.41. The molecule has 0 saturated heterocycles. The average Bonchev–Trinajstić information content (AvgIpc) is 2.74. The standard InChI is InChI=1S/C25H21NO2S/c1-16-13-17(2)24-21(14-16)22(25(27)29-20-7-5-4-6-8-20)15-23(26-24)18-9-11-19(28-3)12-10-18/h4-15H,1-3H3. The maximum absolute atomic E-state index is 13.2. The molecule has 3 nitrogen and oxygen atoms in total. The Bertz CT molecular complexity index is 1190. The van der Waals surface area contributed by atoms with Crippen LogP contribution in [0.4, 0.5) is 0 Å². The van der Waals surface area contributed by atoms with E-state index < -0.39 is 0 Å². The summed E-state index contributed by atoms with van der Waals surface area (Å²) in [7, 11) is 1.65. The Hall–Kier alpha value is -3.11. The van der Waals surface area contributed by atoms with E-state index in [4.69, 9.17) is 9.72 Å². The molecule has 0 amide bonds. The normalized spacial score (nSPS) is 10.9. The number of methoxy groups -OCH3 is 1. The zero-order valence-electron chi connectivity index (χ0n) is 16.6. The van der Waals surface area contributed by atoms with Gasteiger partial charge < -0.3 is 4.74 Å². The number of benzene rings is 3. The number of hydrogen-bond donors (Lipinski definition) is 0. The van der Waals surface area contributed by atoms with Crippen LogP contribution in [0.3, 0.4) is 0 Å². The molecule has 0 radical (unpaired) electrons. The van der Waals surface area contributed by atoms with Crippen LogP contribution in [0.5, 0.6) is 5.75 Å². The molecule has 0 N–H and O–H groups in total. The molecule has 0 aliphatic carbocycles. The number of aryl methyl sites for hydroxylation is 2. The number of aromatic nitrogens is 1. The van der Waals surface area contributed by atoms with Gasteiger partial charge in [-0.3, -0.25) is 4.79 Å². The molecule has 4 heteroatoms. The molecule has 0 atom stereocenters. The summed E-state index contributed by atoms with van der Waals surface area (Å²) < 4.78 is 5.26. The van der Waals surface area contributed by atoms with Crippen molar-refractivity contribution >= 4 is 27.8 Å². The molecule has 0 spiro atoms. The lowest BCUT2D eigenvalue weighted by Gasteiger charge is -2.12. The molecule has 0 unspecified atom stereocenters. The summed E-state index contributed by atoms with van der Waals surface area (Å²) in [6.07, 6.45) is 0. The van der Waals surface area contributed by atoms with Gasteiger partial charge in [0.05, 0.1) is 18.3 Å². The van der Waals surface area contributed by atoms with Gasteiger partial charge in [-0.1, -0.05) is 29.8 Å². The monoisotopic (exact) mass is 399 g/mol. The second-order valence-corrected chi connectivity index (χ2v) is 8.01. The molecule has 0 aliphatic heterocycles. The highest BCUT2D eigenvalue weighted by atomic mass is 32.2. The third-order valence-electron chi connectivity index (χ3n) is 4.81. The average molecular weight is 400 g/mol. The van der Waals surface area contributed by atoms with E-state index in [-0.39, 0.29) is 5.12 Å². The SMILES string of the molecule is COc1ccc(-c2cc(C(=O)Sc3ccccc3)c3cc(C)cc(C)c3n2)cc1. The van der Waals surface area contributed by atoms with E-state index in [1.807, 2.05) is 80.6 Å². The van der Waals surface area contributed by atoms with Crippen molar-refractivity contribution in [3.63, 3.8) is 0 Å². The minimum Gasteiger partial charge on any atom is -0.497 e. The summed E-state index contributed by atoms with van der Waals surface area (Å²) in [4.78, 5) is 19.1. The van der Waals surface area contributed by atoms with Gasteiger partial charge in [0, 0.05) is 21.4 Å². The van der Waals surface area contributed by atoms with Crippen LogP contribution in [0.2, 0.25) is 0 Å². The van der Waals surface area contributed by atoms with Crippen LogP contribution in [0.1, 0.15) is 21.5 Å². The number of carbonyl (C=O) groups excluding carboxylic acids is 1. The maximum Gasteiger partial charge on any atom is 0.224 e. The van der Waals surface area contributed by atoms with E-state index in [2.05, 4.69) is 6.07 Å². The maximum atomic E-state index is 13.2. The molecule has 3 aromatic carbocycles. The molecule has 0 bridgehead atoms. The van der Waals surface area contributed by atoms with Crippen molar-refractivity contribution in [2.45, 2.75) is 18.7 Å². The largest absolute Gasteiger partial charge is 0.497 e. The van der Waals surface area contributed by atoms with Crippen molar-refractivity contribution in [2.75, 3.05) is 7.11 Å². The first-order chi connectivity index (χ1) is 14.0. The molecule has 29 heavy (non-hydrogen) atoms. The summed E-state index contributed by atoms with van der Waals surface area (Å²) >= 11 is 1.25. The van der Waals surface area contributed by atoms with Crippen LogP contribution in [-0.2, 0) is 0 Å². The summed E-state index contributed by atoms with van der Waals surface area (Å²) in [5.41, 5.74) is 5.46. The molecule has 144 valence electrons. The number of thioether (sulfide) groups is 1. The zero-order valence-corrected chi connectivity index (χ0v) is 17.4. The van der Waals surface area contributed by atoms with Gasteiger partial charge in [0.15, 0.2) is 0 Å². The Morgan fingerprint density at radius 2 is 1.66 bits per heavy atom. The molecule has 0 fully saturated rings. The van der Waals surface area contributed by atoms with Crippen LogP contribution in [0, 0.1) is 13.8 Å². The Balaban J connectivity index is 1.87. The number of carbonyl (C=O) groups is 1. The quantitative estimate of drug-likeness (QED) is 0.369. The van der Waals surface area contributed by atoms with Gasteiger partial charge >= 0.3 is 0 Å². The first-order valence-electron chi connectivity index (χ1n) is 9.39. The van der Waals surface area contributed by atoms with Gasteiger partial charge in [-0.05, 0) is 79.7 Å². The molecule has 1 aromatic heterocycles. The highest BCUT2D eigenvalue weighted by Gasteiger charge is 2.17. The number of hydrogen-bond acceptors (Lipinski definition) is 4. The second kappa shape index (κ2) is 8.10. The van der Waals surface area contributed by atoms with E-state index in [1.54, 1.807) is 7.11 Å². The number of pyridine rings is 1. The third-order valence-corrected chi connectivity index (χ3v) is 5.72. The summed E-state index contributed by atoms with van der Waals surface area (Å²) in [5.74, 6) is 0.789. The van der Waals surface area contributed by atoms with Crippen LogP contribution < -0.4 is 4.74 Å². The van der Waals surface area contributed by atoms with Gasteiger partial charge in [0.2, 0.25) is 5.12 Å².